The van der Waals surface area contributed by atoms with E-state index in [1.165, 1.54) is 25.5 Å². The Morgan fingerprint density at radius 3 is 2.51 bits per heavy atom. The van der Waals surface area contributed by atoms with Gasteiger partial charge in [0.25, 0.3) is 0 Å². The number of aliphatic hydroxyl groups is 2. The third-order valence-electron chi connectivity index (χ3n) is 10.4. The Hall–Kier alpha value is -3.20. The van der Waals surface area contributed by atoms with E-state index in [0.717, 1.165) is 43.2 Å². The van der Waals surface area contributed by atoms with Crippen molar-refractivity contribution in [2.24, 2.45) is 11.8 Å². The third-order valence-corrected chi connectivity index (χ3v) is 10.4. The summed E-state index contributed by atoms with van der Waals surface area (Å²) in [5.41, 5.74) is 4.58. The Morgan fingerprint density at radius 1 is 0.953 bits per heavy atom. The molecule has 232 valence electrons. The van der Waals surface area contributed by atoms with Crippen LogP contribution in [0.5, 0.6) is 23.0 Å². The number of aromatic nitrogens is 1. The summed E-state index contributed by atoms with van der Waals surface area (Å²) < 4.78 is 12.4. The van der Waals surface area contributed by atoms with Crippen LogP contribution in [0.3, 0.4) is 0 Å². The lowest BCUT2D eigenvalue weighted by Gasteiger charge is -2.45. The summed E-state index contributed by atoms with van der Waals surface area (Å²) in [4.78, 5) is 3.05. The number of H-pyrrole nitrogens is 1. The number of hydrogen-bond acceptors (Lipinski definition) is 7. The predicted octanol–water partition coefficient (Wildman–Crippen LogP) is 6.29. The molecule has 8 heteroatoms. The highest BCUT2D eigenvalue weighted by Crippen LogP contribution is 2.52. The van der Waals surface area contributed by atoms with Crippen LogP contribution in [-0.2, 0) is 17.8 Å². The molecule has 3 aliphatic rings. The van der Waals surface area contributed by atoms with Gasteiger partial charge in [0.2, 0.25) is 5.75 Å². The Bertz CT molecular complexity index is 1420. The van der Waals surface area contributed by atoms with E-state index >= 15 is 0 Å². The molecule has 43 heavy (non-hydrogen) atoms. The van der Waals surface area contributed by atoms with Crippen LogP contribution in [0.25, 0.3) is 0 Å². The molecule has 1 saturated heterocycles. The van der Waals surface area contributed by atoms with Crippen LogP contribution in [0.2, 0.25) is 0 Å². The molecule has 0 radical (unpaired) electrons. The zero-order chi connectivity index (χ0) is 30.2. The summed E-state index contributed by atoms with van der Waals surface area (Å²) in [6, 6.07) is 8.02. The smallest absolute Gasteiger partial charge is 0.201 e. The molecule has 0 bridgehead atoms. The zero-order valence-electron chi connectivity index (χ0n) is 25.1. The fourth-order valence-electron chi connectivity index (χ4n) is 8.21. The van der Waals surface area contributed by atoms with Gasteiger partial charge in [0, 0.05) is 42.3 Å². The number of phenolic OH excluding ortho intramolecular Hbond substituents is 2. The van der Waals surface area contributed by atoms with Crippen LogP contribution in [0.1, 0.15) is 110 Å². The van der Waals surface area contributed by atoms with Crippen molar-refractivity contribution in [1.82, 2.24) is 4.98 Å². The van der Waals surface area contributed by atoms with E-state index in [4.69, 9.17) is 9.47 Å². The van der Waals surface area contributed by atoms with E-state index in [9.17, 15) is 25.5 Å². The topological polar surface area (TPSA) is 135 Å². The molecule has 2 saturated carbocycles. The van der Waals surface area contributed by atoms with E-state index in [2.05, 4.69) is 18.0 Å². The monoisotopic (exact) mass is 591 g/mol. The van der Waals surface area contributed by atoms with Gasteiger partial charge in [0.15, 0.2) is 11.5 Å². The number of nitrogens with one attached hydrogen (secondary N) is 1. The highest BCUT2D eigenvalue weighted by atomic mass is 16.5. The third kappa shape index (κ3) is 5.73. The number of hydrogen-bond donors (Lipinski definition) is 6. The number of aliphatic hydroxyl groups excluding tert-OH is 2. The first kappa shape index (κ1) is 29.9. The summed E-state index contributed by atoms with van der Waals surface area (Å²) in [7, 11) is 1.44. The lowest BCUT2D eigenvalue weighted by atomic mass is 9.71. The Balaban J connectivity index is 1.31. The van der Waals surface area contributed by atoms with Crippen LogP contribution in [0, 0.1) is 11.8 Å². The number of rotatable bonds is 7. The second-order valence-electron chi connectivity index (χ2n) is 13.1. The molecule has 2 heterocycles. The van der Waals surface area contributed by atoms with Crippen molar-refractivity contribution in [2.75, 3.05) is 7.11 Å². The molecule has 1 aliphatic heterocycles. The van der Waals surface area contributed by atoms with E-state index < -0.39 is 30.3 Å². The van der Waals surface area contributed by atoms with Gasteiger partial charge in [0.1, 0.15) is 5.75 Å². The maximum absolute atomic E-state index is 11.4. The van der Waals surface area contributed by atoms with Gasteiger partial charge >= 0.3 is 0 Å². The first-order chi connectivity index (χ1) is 20.8. The van der Waals surface area contributed by atoms with Crippen LogP contribution in [-0.4, -0.2) is 49.8 Å². The minimum atomic E-state index is -0.614. The molecule has 0 spiro atoms. The number of benzene rings is 2. The Morgan fingerprint density at radius 2 is 1.79 bits per heavy atom. The number of phenols is 3. The standard InChI is InChI=1S/C35H45NO7/c1-19-4-3-5-23(12-19)25-14-21(7-9-28(25)38)22-6-8-24-29(39)16-31(43-30(24)15-22)32-26(13-20-10-11-36-17-20)35(42-2)34(41)33(40)27(32)18-37/h7,9-11,14,17,19,22-24,29-31,36-41H,3-6,8,12-13,15-16,18H2,1-2H3. The molecule has 3 fully saturated rings. The Labute approximate surface area is 253 Å². The van der Waals surface area contributed by atoms with Crippen LogP contribution < -0.4 is 4.74 Å². The van der Waals surface area contributed by atoms with E-state index in [0.29, 0.717) is 41.6 Å². The molecule has 3 aromatic rings. The molecular weight excluding hydrogens is 546 g/mol. The molecule has 1 aromatic heterocycles. The molecule has 7 atom stereocenters. The quantitative estimate of drug-likeness (QED) is 0.178. The normalized spacial score (nSPS) is 29.3. The lowest BCUT2D eigenvalue weighted by Crippen LogP contribution is -2.44. The van der Waals surface area contributed by atoms with Crippen molar-refractivity contribution >= 4 is 0 Å². The number of aromatic amines is 1. The largest absolute Gasteiger partial charge is 0.508 e. The second kappa shape index (κ2) is 12.4. The van der Waals surface area contributed by atoms with Crippen molar-refractivity contribution in [2.45, 2.75) is 101 Å². The van der Waals surface area contributed by atoms with Crippen molar-refractivity contribution in [3.63, 3.8) is 0 Å². The van der Waals surface area contributed by atoms with Gasteiger partial charge in [-0.25, -0.2) is 0 Å². The van der Waals surface area contributed by atoms with Gasteiger partial charge in [-0.05, 0) is 84.2 Å². The highest BCUT2D eigenvalue weighted by Gasteiger charge is 2.44. The second-order valence-corrected chi connectivity index (χ2v) is 13.1. The van der Waals surface area contributed by atoms with Crippen LogP contribution in [0.15, 0.2) is 36.7 Å². The molecule has 2 aliphatic carbocycles. The number of ether oxygens (including phenoxy) is 2. The average molecular weight is 592 g/mol. The van der Waals surface area contributed by atoms with Crippen LogP contribution >= 0.6 is 0 Å². The zero-order valence-corrected chi connectivity index (χ0v) is 25.1. The minimum absolute atomic E-state index is 0.0124. The minimum Gasteiger partial charge on any atom is -0.508 e. The van der Waals surface area contributed by atoms with Crippen molar-refractivity contribution in [3.8, 4) is 23.0 Å². The number of aromatic hydroxyl groups is 3. The first-order valence-corrected chi connectivity index (χ1v) is 15.8. The SMILES string of the molecule is COc1c(O)c(O)c(CO)c(C2CC(O)C3CCC(c4ccc(O)c(C5CCCC(C)C5)c4)CC3O2)c1Cc1cc[nH]c1. The van der Waals surface area contributed by atoms with E-state index in [1.807, 2.05) is 30.6 Å². The van der Waals surface area contributed by atoms with Gasteiger partial charge in [-0.3, -0.25) is 0 Å². The molecule has 0 amide bonds. The molecule has 6 rings (SSSR count). The van der Waals surface area contributed by atoms with Gasteiger partial charge in [-0.15, -0.1) is 0 Å². The van der Waals surface area contributed by atoms with Gasteiger partial charge < -0.3 is 40.0 Å². The maximum atomic E-state index is 11.4. The maximum Gasteiger partial charge on any atom is 0.201 e. The summed E-state index contributed by atoms with van der Waals surface area (Å²) in [5, 5.41) is 54.2. The number of methoxy groups -OCH3 is 1. The van der Waals surface area contributed by atoms with E-state index in [-0.39, 0.29) is 29.3 Å². The molecule has 6 N–H and O–H groups in total. The summed E-state index contributed by atoms with van der Waals surface area (Å²) in [6.45, 7) is 1.80. The summed E-state index contributed by atoms with van der Waals surface area (Å²) in [5.74, 6) is 0.939. The van der Waals surface area contributed by atoms with Gasteiger partial charge in [0.05, 0.1) is 32.0 Å². The van der Waals surface area contributed by atoms with Crippen LogP contribution in [0.4, 0.5) is 0 Å². The number of fused-ring (bicyclic) bond motifs is 1. The predicted molar refractivity (Wildman–Crippen MR) is 163 cm³/mol. The van der Waals surface area contributed by atoms with Gasteiger partial charge in [-0.2, -0.15) is 0 Å². The fraction of sp³-hybridized carbons (Fsp3) is 0.543. The van der Waals surface area contributed by atoms with E-state index in [1.54, 1.807) is 0 Å². The molecule has 2 aromatic carbocycles. The molecular formula is C35H45NO7. The lowest BCUT2D eigenvalue weighted by molar-refractivity contribution is -0.154. The fourth-order valence-corrected chi connectivity index (χ4v) is 8.21. The van der Waals surface area contributed by atoms with Crippen molar-refractivity contribution in [1.29, 1.82) is 0 Å². The Kier molecular flexibility index (Phi) is 8.63. The highest BCUT2D eigenvalue weighted by molar-refractivity contribution is 5.64. The molecule has 8 nitrogen and oxygen atoms in total. The summed E-state index contributed by atoms with van der Waals surface area (Å²) >= 11 is 0. The van der Waals surface area contributed by atoms with Crippen molar-refractivity contribution < 1.29 is 35.0 Å². The average Bonchev–Trinajstić information content (AvgIpc) is 3.52. The molecule has 7 unspecified atom stereocenters. The van der Waals surface area contributed by atoms with Crippen molar-refractivity contribution in [3.05, 3.63) is 70.0 Å². The van der Waals surface area contributed by atoms with Gasteiger partial charge in [-0.1, -0.05) is 31.9 Å². The summed E-state index contributed by atoms with van der Waals surface area (Å²) in [6.07, 6.45) is 10.0. The first-order valence-electron chi connectivity index (χ1n) is 15.8.